The summed E-state index contributed by atoms with van der Waals surface area (Å²) in [5.74, 6) is 0. The molecule has 0 aliphatic carbocycles. The van der Waals surface area contributed by atoms with Crippen LogP contribution in [0.1, 0.15) is 13.3 Å². The van der Waals surface area contributed by atoms with Crippen molar-refractivity contribution < 1.29 is 0 Å². The van der Waals surface area contributed by atoms with E-state index in [1.54, 1.807) is 0 Å². The molecule has 0 amide bonds. The van der Waals surface area contributed by atoms with Crippen LogP contribution in [0.4, 0.5) is 0 Å². The molecule has 0 aliphatic rings. The molecule has 2 rings (SSSR count). The quantitative estimate of drug-likeness (QED) is 0.635. The van der Waals surface area contributed by atoms with Gasteiger partial charge in [-0.3, -0.25) is 9.48 Å². The maximum absolute atomic E-state index is 11.7. The van der Waals surface area contributed by atoms with Gasteiger partial charge in [-0.1, -0.05) is 25.6 Å². The molecule has 2 aromatic rings. The topological polar surface area (TPSA) is 46.9 Å². The third kappa shape index (κ3) is 3.29. The molecule has 0 saturated heterocycles. The van der Waals surface area contributed by atoms with E-state index in [1.165, 1.54) is 6.20 Å². The van der Waals surface area contributed by atoms with Crippen LogP contribution in [0.3, 0.4) is 0 Å². The van der Waals surface area contributed by atoms with Gasteiger partial charge in [-0.25, -0.2) is 0 Å². The lowest BCUT2D eigenvalue weighted by molar-refractivity contribution is 0.639. The predicted molar refractivity (Wildman–Crippen MR) is 78.3 cm³/mol. The largest absolute Gasteiger partial charge is 0.313 e. The Bertz CT molecular complexity index is 631. The van der Waals surface area contributed by atoms with Crippen molar-refractivity contribution in [1.29, 1.82) is 0 Å². The second-order valence-corrected chi connectivity index (χ2v) is 4.61. The number of benzene rings is 1. The summed E-state index contributed by atoms with van der Waals surface area (Å²) in [7, 11) is 0. The molecule has 0 radical (unpaired) electrons. The Hall–Kier alpha value is -1.94. The van der Waals surface area contributed by atoms with E-state index in [9.17, 15) is 4.79 Å². The molecule has 0 unspecified atom stereocenters. The van der Waals surface area contributed by atoms with Crippen LogP contribution >= 0.6 is 0 Å². The molecule has 4 nitrogen and oxygen atoms in total. The van der Waals surface area contributed by atoms with Gasteiger partial charge in [-0.2, -0.15) is 5.10 Å². The van der Waals surface area contributed by atoms with E-state index in [0.29, 0.717) is 11.9 Å². The molecule has 19 heavy (non-hydrogen) atoms. The van der Waals surface area contributed by atoms with Gasteiger partial charge >= 0.3 is 0 Å². The van der Waals surface area contributed by atoms with E-state index in [1.807, 2.05) is 28.9 Å². The molecule has 4 heteroatoms. The fraction of sp³-hybridized carbons (Fsp3) is 0.333. The van der Waals surface area contributed by atoms with E-state index < -0.39 is 0 Å². The van der Waals surface area contributed by atoms with Crippen molar-refractivity contribution >= 4 is 10.9 Å². The molecule has 0 spiro atoms. The highest BCUT2D eigenvalue weighted by molar-refractivity contribution is 5.77. The van der Waals surface area contributed by atoms with Crippen molar-refractivity contribution in [2.75, 3.05) is 13.1 Å². The van der Waals surface area contributed by atoms with E-state index in [-0.39, 0.29) is 5.43 Å². The molecule has 0 aliphatic heterocycles. The van der Waals surface area contributed by atoms with Crippen LogP contribution in [0, 0.1) is 0 Å². The Morgan fingerprint density at radius 3 is 3.00 bits per heavy atom. The SMILES string of the molecule is C=C(CNCCC)Cn1ncc(=O)c2ccccc21. The third-order valence-corrected chi connectivity index (χ3v) is 2.94. The van der Waals surface area contributed by atoms with Crippen LogP contribution in [0.2, 0.25) is 0 Å². The summed E-state index contributed by atoms with van der Waals surface area (Å²) in [6, 6.07) is 7.52. The maximum atomic E-state index is 11.7. The van der Waals surface area contributed by atoms with Gasteiger partial charge in [0.05, 0.1) is 18.3 Å². The maximum Gasteiger partial charge on any atom is 0.207 e. The Kier molecular flexibility index (Phi) is 4.47. The molecule has 1 N–H and O–H groups in total. The van der Waals surface area contributed by atoms with Crippen LogP contribution in [0.5, 0.6) is 0 Å². The van der Waals surface area contributed by atoms with Crippen LogP contribution < -0.4 is 10.7 Å². The third-order valence-electron chi connectivity index (χ3n) is 2.94. The summed E-state index contributed by atoms with van der Waals surface area (Å²) in [6.07, 6.45) is 2.47. The van der Waals surface area contributed by atoms with Gasteiger partial charge in [-0.15, -0.1) is 0 Å². The summed E-state index contributed by atoms with van der Waals surface area (Å²) < 4.78 is 1.83. The highest BCUT2D eigenvalue weighted by Gasteiger charge is 2.04. The second kappa shape index (κ2) is 6.29. The van der Waals surface area contributed by atoms with Gasteiger partial charge in [0.25, 0.3) is 0 Å². The summed E-state index contributed by atoms with van der Waals surface area (Å²) in [6.45, 7) is 8.56. The molecule has 1 aromatic carbocycles. The Balaban J connectivity index is 2.19. The van der Waals surface area contributed by atoms with Crippen LogP contribution in [-0.4, -0.2) is 22.9 Å². The Morgan fingerprint density at radius 2 is 2.21 bits per heavy atom. The average molecular weight is 257 g/mol. The van der Waals surface area contributed by atoms with E-state index in [0.717, 1.165) is 30.6 Å². The molecular formula is C15H19N3O. The highest BCUT2D eigenvalue weighted by Crippen LogP contribution is 2.09. The lowest BCUT2D eigenvalue weighted by Crippen LogP contribution is -2.21. The number of nitrogens with zero attached hydrogens (tertiary/aromatic N) is 2. The standard InChI is InChI=1S/C15H19N3O/c1-3-8-16-9-12(2)11-18-14-7-5-4-6-13(14)15(19)10-17-18/h4-7,10,16H,2-3,8-9,11H2,1H3. The molecule has 1 heterocycles. The molecule has 0 fully saturated rings. The molecule has 0 bridgehead atoms. The minimum atomic E-state index is -0.0402. The van der Waals surface area contributed by atoms with E-state index in [4.69, 9.17) is 0 Å². The predicted octanol–water partition coefficient (Wildman–Crippen LogP) is 1.95. The first kappa shape index (κ1) is 13.5. The normalized spacial score (nSPS) is 10.8. The smallest absolute Gasteiger partial charge is 0.207 e. The fourth-order valence-electron chi connectivity index (χ4n) is 2.00. The Morgan fingerprint density at radius 1 is 1.42 bits per heavy atom. The first-order valence-corrected chi connectivity index (χ1v) is 6.54. The summed E-state index contributed by atoms with van der Waals surface area (Å²) in [5, 5.41) is 8.20. The lowest BCUT2D eigenvalue weighted by atomic mass is 10.2. The fourth-order valence-corrected chi connectivity index (χ4v) is 2.00. The number of para-hydroxylation sites is 1. The van der Waals surface area contributed by atoms with Gasteiger partial charge in [0, 0.05) is 11.9 Å². The minimum absolute atomic E-state index is 0.0402. The molecule has 0 saturated carbocycles. The van der Waals surface area contributed by atoms with Gasteiger partial charge in [0.2, 0.25) is 5.43 Å². The highest BCUT2D eigenvalue weighted by atomic mass is 16.1. The van der Waals surface area contributed by atoms with Crippen molar-refractivity contribution in [1.82, 2.24) is 15.1 Å². The first-order valence-electron chi connectivity index (χ1n) is 6.54. The number of hydrogen-bond acceptors (Lipinski definition) is 3. The van der Waals surface area contributed by atoms with Gasteiger partial charge in [0.1, 0.15) is 0 Å². The Labute approximate surface area is 112 Å². The number of rotatable bonds is 6. The van der Waals surface area contributed by atoms with Crippen molar-refractivity contribution in [2.45, 2.75) is 19.9 Å². The summed E-state index contributed by atoms with van der Waals surface area (Å²) in [4.78, 5) is 11.7. The number of hydrogen-bond donors (Lipinski definition) is 1. The molecule has 0 atom stereocenters. The zero-order valence-electron chi connectivity index (χ0n) is 11.2. The molecule has 100 valence electrons. The van der Waals surface area contributed by atoms with Crippen LogP contribution in [-0.2, 0) is 6.54 Å². The first-order chi connectivity index (χ1) is 9.22. The monoisotopic (exact) mass is 257 g/mol. The lowest BCUT2D eigenvalue weighted by Gasteiger charge is -2.11. The van der Waals surface area contributed by atoms with Crippen molar-refractivity contribution in [3.05, 3.63) is 52.8 Å². The average Bonchev–Trinajstić information content (AvgIpc) is 2.43. The summed E-state index contributed by atoms with van der Waals surface area (Å²) in [5.41, 5.74) is 1.86. The number of fused-ring (bicyclic) bond motifs is 1. The molecule has 1 aromatic heterocycles. The number of aromatic nitrogens is 2. The van der Waals surface area contributed by atoms with Crippen molar-refractivity contribution in [3.63, 3.8) is 0 Å². The number of nitrogens with one attached hydrogen (secondary N) is 1. The van der Waals surface area contributed by atoms with Crippen molar-refractivity contribution in [2.24, 2.45) is 0 Å². The van der Waals surface area contributed by atoms with Crippen LogP contribution in [0.15, 0.2) is 47.4 Å². The van der Waals surface area contributed by atoms with Gasteiger partial charge < -0.3 is 5.32 Å². The molecular weight excluding hydrogens is 238 g/mol. The van der Waals surface area contributed by atoms with Crippen molar-refractivity contribution in [3.8, 4) is 0 Å². The van der Waals surface area contributed by atoms with Crippen LogP contribution in [0.25, 0.3) is 10.9 Å². The zero-order chi connectivity index (χ0) is 13.7. The van der Waals surface area contributed by atoms with E-state index >= 15 is 0 Å². The second-order valence-electron chi connectivity index (χ2n) is 4.61. The minimum Gasteiger partial charge on any atom is -0.313 e. The zero-order valence-corrected chi connectivity index (χ0v) is 11.2. The van der Waals surface area contributed by atoms with Gasteiger partial charge in [0.15, 0.2) is 0 Å². The summed E-state index contributed by atoms with van der Waals surface area (Å²) >= 11 is 0. The van der Waals surface area contributed by atoms with E-state index in [2.05, 4.69) is 23.9 Å². The van der Waals surface area contributed by atoms with Gasteiger partial charge in [-0.05, 0) is 30.7 Å².